The van der Waals surface area contributed by atoms with E-state index in [0.717, 1.165) is 56.8 Å². The summed E-state index contributed by atoms with van der Waals surface area (Å²) in [4.78, 5) is 25.3. The first-order valence-corrected chi connectivity index (χ1v) is 13.6. The zero-order valence-corrected chi connectivity index (χ0v) is 22.6. The highest BCUT2D eigenvalue weighted by atomic mass is 35.5. The summed E-state index contributed by atoms with van der Waals surface area (Å²) in [6.07, 6.45) is 5.55. The van der Waals surface area contributed by atoms with Crippen LogP contribution in [0, 0.1) is 28.6 Å². The van der Waals surface area contributed by atoms with Gasteiger partial charge in [-0.05, 0) is 75.6 Å². The number of hydrogen-bond donors (Lipinski definition) is 2. The van der Waals surface area contributed by atoms with Crippen molar-refractivity contribution >= 4 is 40.8 Å². The molecule has 2 saturated heterocycles. The van der Waals surface area contributed by atoms with E-state index >= 15 is 0 Å². The number of anilines is 2. The molecule has 3 heterocycles. The van der Waals surface area contributed by atoms with Gasteiger partial charge in [0.1, 0.15) is 11.9 Å². The van der Waals surface area contributed by atoms with Crippen LogP contribution in [0.5, 0.6) is 0 Å². The minimum Gasteiger partial charge on any atom is -0.481 e. The number of benzene rings is 1. The van der Waals surface area contributed by atoms with Gasteiger partial charge in [-0.1, -0.05) is 29.3 Å². The van der Waals surface area contributed by atoms with Gasteiger partial charge in [-0.2, -0.15) is 5.26 Å². The molecule has 2 aliphatic heterocycles. The molecule has 1 unspecified atom stereocenters. The highest BCUT2D eigenvalue weighted by Gasteiger charge is 2.49. The summed E-state index contributed by atoms with van der Waals surface area (Å²) in [5, 5.41) is 23.4. The second-order valence-corrected chi connectivity index (χ2v) is 11.9. The van der Waals surface area contributed by atoms with Crippen molar-refractivity contribution in [3.8, 4) is 6.07 Å². The number of carboxylic acids is 1. The van der Waals surface area contributed by atoms with E-state index in [0.29, 0.717) is 33.7 Å². The van der Waals surface area contributed by atoms with Crippen molar-refractivity contribution in [2.45, 2.75) is 51.6 Å². The fraction of sp³-hybridized carbons (Fsp3) is 0.556. The maximum Gasteiger partial charge on any atom is 0.309 e. The Balaban J connectivity index is 1.20. The minimum atomic E-state index is -0.671. The van der Waals surface area contributed by atoms with Crippen LogP contribution in [-0.2, 0) is 4.79 Å². The number of piperidine rings is 1. The summed E-state index contributed by atoms with van der Waals surface area (Å²) < 4.78 is 0. The summed E-state index contributed by atoms with van der Waals surface area (Å²) >= 11 is 12.4. The fourth-order valence-electron chi connectivity index (χ4n) is 6.02. The van der Waals surface area contributed by atoms with Crippen LogP contribution in [0.3, 0.4) is 0 Å². The normalized spacial score (nSPS) is 27.1. The summed E-state index contributed by atoms with van der Waals surface area (Å²) in [6, 6.07) is 7.69. The molecule has 0 radical (unpaired) electrons. The van der Waals surface area contributed by atoms with Gasteiger partial charge in [0.2, 0.25) is 0 Å². The molecule has 3 fully saturated rings. The predicted octanol–water partition coefficient (Wildman–Crippen LogP) is 5.23. The standard InChI is InChI=1S/C27H32Cl2N6O2/c1-16(21-6-5-19(28)8-22(21)29)32-25-23(11-30)31-12-24(33-25)35-14-18(15-35)17-4-3-7-34(13-17)20-9-27(2,10-20)26(36)37/h5-6,8,12,16-18,20H,3-4,7,9-10,13-15H2,1-2H3,(H,32,33)(H,36,37)/t16-,17?,20?,27?/m1/s1. The van der Waals surface area contributed by atoms with E-state index in [1.54, 1.807) is 18.3 Å². The van der Waals surface area contributed by atoms with E-state index in [-0.39, 0.29) is 11.7 Å². The number of aliphatic carboxylic acids is 1. The highest BCUT2D eigenvalue weighted by molar-refractivity contribution is 6.35. The number of halogens is 2. The first kappa shape index (κ1) is 26.0. The molecule has 0 bridgehead atoms. The van der Waals surface area contributed by atoms with Crippen LogP contribution in [0.15, 0.2) is 24.4 Å². The Kier molecular flexibility index (Phi) is 7.23. The molecule has 10 heteroatoms. The van der Waals surface area contributed by atoms with Gasteiger partial charge >= 0.3 is 5.97 Å². The van der Waals surface area contributed by atoms with Crippen molar-refractivity contribution < 1.29 is 9.90 Å². The van der Waals surface area contributed by atoms with Crippen LogP contribution >= 0.6 is 23.2 Å². The number of carbonyl (C=O) groups is 1. The first-order chi connectivity index (χ1) is 17.7. The lowest BCUT2D eigenvalue weighted by molar-refractivity contribution is -0.158. The molecular formula is C27H32Cl2N6O2. The average molecular weight is 543 g/mol. The average Bonchev–Trinajstić information content (AvgIpc) is 2.81. The molecule has 0 amide bonds. The molecule has 2 atom stereocenters. The van der Waals surface area contributed by atoms with Crippen LogP contribution in [0.25, 0.3) is 0 Å². The quantitative estimate of drug-likeness (QED) is 0.489. The Morgan fingerprint density at radius 1 is 1.27 bits per heavy atom. The molecule has 1 aromatic heterocycles. The number of nitriles is 1. The number of nitrogens with zero attached hydrogens (tertiary/aromatic N) is 5. The summed E-state index contributed by atoms with van der Waals surface area (Å²) in [5.74, 6) is 1.72. The Morgan fingerprint density at radius 2 is 2.03 bits per heavy atom. The van der Waals surface area contributed by atoms with Crippen LogP contribution in [0.4, 0.5) is 11.6 Å². The van der Waals surface area contributed by atoms with E-state index in [2.05, 4.69) is 26.2 Å². The number of rotatable bonds is 7. The summed E-state index contributed by atoms with van der Waals surface area (Å²) in [6.45, 7) is 7.76. The molecule has 8 nitrogen and oxygen atoms in total. The summed E-state index contributed by atoms with van der Waals surface area (Å²) in [7, 11) is 0. The molecule has 3 aliphatic rings. The number of aromatic nitrogens is 2. The SMILES string of the molecule is C[C@@H](Nc1nc(N2CC(C3CCCN(C4CC(C)(C(=O)O)C4)C3)C2)cnc1C#N)c1ccc(Cl)cc1Cl. The highest BCUT2D eigenvalue weighted by Crippen LogP contribution is 2.45. The van der Waals surface area contributed by atoms with Crippen LogP contribution in [0.2, 0.25) is 10.0 Å². The van der Waals surface area contributed by atoms with E-state index in [4.69, 9.17) is 28.2 Å². The second-order valence-electron chi connectivity index (χ2n) is 11.1. The van der Waals surface area contributed by atoms with E-state index < -0.39 is 11.4 Å². The number of hydrogen-bond acceptors (Lipinski definition) is 7. The third kappa shape index (κ3) is 5.22. The Hall–Kier alpha value is -2.60. The van der Waals surface area contributed by atoms with Gasteiger partial charge in [0.25, 0.3) is 0 Å². The van der Waals surface area contributed by atoms with Crippen molar-refractivity contribution in [2.75, 3.05) is 36.4 Å². The van der Waals surface area contributed by atoms with Gasteiger partial charge in [0.15, 0.2) is 11.5 Å². The lowest BCUT2D eigenvalue weighted by Gasteiger charge is -2.52. The van der Waals surface area contributed by atoms with E-state index in [1.807, 2.05) is 19.9 Å². The van der Waals surface area contributed by atoms with Crippen molar-refractivity contribution in [3.05, 3.63) is 45.7 Å². The van der Waals surface area contributed by atoms with E-state index in [1.165, 1.54) is 6.42 Å². The molecule has 2 aromatic rings. The van der Waals surface area contributed by atoms with Crippen LogP contribution in [0.1, 0.15) is 56.8 Å². The molecule has 1 aliphatic carbocycles. The Bertz CT molecular complexity index is 1220. The molecule has 2 N–H and O–H groups in total. The van der Waals surface area contributed by atoms with Gasteiger partial charge in [0.05, 0.1) is 17.7 Å². The number of nitrogens with one attached hydrogen (secondary N) is 1. The topological polar surface area (TPSA) is 105 Å². The molecule has 196 valence electrons. The van der Waals surface area contributed by atoms with Gasteiger partial charge in [0, 0.05) is 35.7 Å². The lowest BCUT2D eigenvalue weighted by Crippen LogP contribution is -2.58. The molecular weight excluding hydrogens is 511 g/mol. The van der Waals surface area contributed by atoms with Crippen LogP contribution in [-0.4, -0.2) is 58.2 Å². The number of likely N-dealkylation sites (tertiary alicyclic amines) is 1. The third-order valence-electron chi connectivity index (χ3n) is 8.44. The van der Waals surface area contributed by atoms with Gasteiger partial charge in [-0.25, -0.2) is 9.97 Å². The smallest absolute Gasteiger partial charge is 0.309 e. The maximum atomic E-state index is 11.5. The summed E-state index contributed by atoms with van der Waals surface area (Å²) in [5.41, 5.74) is 0.555. The zero-order valence-electron chi connectivity index (χ0n) is 21.1. The molecule has 5 rings (SSSR count). The molecule has 0 spiro atoms. The Labute approximate surface area is 227 Å². The minimum absolute atomic E-state index is 0.187. The fourth-order valence-corrected chi connectivity index (χ4v) is 6.59. The maximum absolute atomic E-state index is 11.5. The number of carboxylic acid groups (broad SMARTS) is 1. The van der Waals surface area contributed by atoms with Crippen molar-refractivity contribution in [1.29, 1.82) is 5.26 Å². The molecule has 1 saturated carbocycles. The predicted molar refractivity (Wildman–Crippen MR) is 144 cm³/mol. The first-order valence-electron chi connectivity index (χ1n) is 12.9. The largest absolute Gasteiger partial charge is 0.481 e. The van der Waals surface area contributed by atoms with E-state index in [9.17, 15) is 15.2 Å². The lowest BCUT2D eigenvalue weighted by atomic mass is 9.65. The van der Waals surface area contributed by atoms with Crippen molar-refractivity contribution in [1.82, 2.24) is 14.9 Å². The van der Waals surface area contributed by atoms with Gasteiger partial charge < -0.3 is 20.2 Å². The van der Waals surface area contributed by atoms with Gasteiger partial charge in [-0.15, -0.1) is 0 Å². The monoisotopic (exact) mass is 542 g/mol. The third-order valence-corrected chi connectivity index (χ3v) is 9.01. The second kappa shape index (κ2) is 10.3. The Morgan fingerprint density at radius 3 is 2.70 bits per heavy atom. The van der Waals surface area contributed by atoms with Crippen LogP contribution < -0.4 is 10.2 Å². The zero-order chi connectivity index (χ0) is 26.3. The van der Waals surface area contributed by atoms with Gasteiger partial charge in [-0.3, -0.25) is 4.79 Å². The van der Waals surface area contributed by atoms with Crippen molar-refractivity contribution in [2.24, 2.45) is 17.3 Å². The molecule has 37 heavy (non-hydrogen) atoms. The van der Waals surface area contributed by atoms with Crippen molar-refractivity contribution in [3.63, 3.8) is 0 Å². The molecule has 1 aromatic carbocycles.